The summed E-state index contributed by atoms with van der Waals surface area (Å²) in [5.41, 5.74) is 0. The van der Waals surface area contributed by atoms with E-state index < -0.39 is 20.0 Å². The van der Waals surface area contributed by atoms with Crippen molar-refractivity contribution in [2.45, 2.75) is 276 Å². The molecule has 364 valence electrons. The Labute approximate surface area is 380 Å². The summed E-state index contributed by atoms with van der Waals surface area (Å²) >= 11 is 0. The summed E-state index contributed by atoms with van der Waals surface area (Å²) in [5, 5.41) is 14.0. The minimum Gasteiger partial charge on any atom is -0.391 e. The highest BCUT2D eigenvalue weighted by Crippen LogP contribution is 2.43. The van der Waals surface area contributed by atoms with E-state index in [0.717, 1.165) is 38.5 Å². The molecule has 9 heteroatoms. The molecule has 3 atom stereocenters. The standard InChI is InChI=1S/C52H105N2O6P/c1-6-8-10-12-14-16-18-20-22-24-25-26-27-28-29-30-32-34-36-38-40-42-44-46-52(56)53-50(49-60-61(57,58)59-48-47-54(3,4)5)51(55)45-43-41-39-37-35-33-31-23-21-19-17-15-13-11-9-7-2/h24-25,50-51,55H,6-23,26-49H2,1-5H3,(H-,53,56,57,58)/p+1/b25-24-. The van der Waals surface area contributed by atoms with Gasteiger partial charge in [0.15, 0.2) is 0 Å². The van der Waals surface area contributed by atoms with Crippen LogP contribution in [0, 0.1) is 0 Å². The molecule has 0 aromatic heterocycles. The number of likely N-dealkylation sites (N-methyl/N-ethyl adjacent to an activating group) is 1. The molecule has 0 aliphatic heterocycles. The van der Waals surface area contributed by atoms with Gasteiger partial charge in [-0.05, 0) is 38.5 Å². The van der Waals surface area contributed by atoms with Crippen molar-refractivity contribution in [2.75, 3.05) is 40.9 Å². The number of aliphatic hydroxyl groups is 1. The summed E-state index contributed by atoms with van der Waals surface area (Å²) in [6.45, 7) is 4.92. The van der Waals surface area contributed by atoms with Crippen LogP contribution in [0.15, 0.2) is 12.2 Å². The zero-order chi connectivity index (χ0) is 45.0. The van der Waals surface area contributed by atoms with Crippen LogP contribution in [-0.4, -0.2) is 73.4 Å². The van der Waals surface area contributed by atoms with Crippen LogP contribution in [-0.2, 0) is 18.4 Å². The zero-order valence-corrected chi connectivity index (χ0v) is 42.3. The van der Waals surface area contributed by atoms with E-state index in [1.807, 2.05) is 21.1 Å². The summed E-state index contributed by atoms with van der Waals surface area (Å²) in [7, 11) is 1.63. The third-order valence-corrected chi connectivity index (χ3v) is 13.2. The molecule has 0 aliphatic carbocycles. The van der Waals surface area contributed by atoms with Crippen LogP contribution in [0.5, 0.6) is 0 Å². The number of unbranched alkanes of at least 4 members (excludes halogenated alkanes) is 34. The maximum atomic E-state index is 13.0. The van der Waals surface area contributed by atoms with Gasteiger partial charge in [-0.2, -0.15) is 0 Å². The second-order valence-electron chi connectivity index (χ2n) is 19.6. The Morgan fingerprint density at radius 3 is 1.26 bits per heavy atom. The summed E-state index contributed by atoms with van der Waals surface area (Å²) in [5.74, 6) is -0.141. The van der Waals surface area contributed by atoms with E-state index in [1.54, 1.807) is 0 Å². The van der Waals surface area contributed by atoms with Gasteiger partial charge >= 0.3 is 7.82 Å². The molecule has 1 amide bonds. The second kappa shape index (κ2) is 44.4. The van der Waals surface area contributed by atoms with E-state index in [-0.39, 0.29) is 19.1 Å². The van der Waals surface area contributed by atoms with Gasteiger partial charge in [0.1, 0.15) is 13.2 Å². The van der Waals surface area contributed by atoms with Gasteiger partial charge in [0.05, 0.1) is 39.9 Å². The molecular weight excluding hydrogens is 780 g/mol. The number of carbonyl (C=O) groups excluding carboxylic acids is 1. The normalized spacial score (nSPS) is 14.1. The molecule has 3 N–H and O–H groups in total. The van der Waals surface area contributed by atoms with E-state index in [2.05, 4.69) is 31.3 Å². The Balaban J connectivity index is 4.19. The zero-order valence-electron chi connectivity index (χ0n) is 41.4. The molecular formula is C52H106N2O6P+. The lowest BCUT2D eigenvalue weighted by atomic mass is 10.0. The van der Waals surface area contributed by atoms with Crippen molar-refractivity contribution in [2.24, 2.45) is 0 Å². The Morgan fingerprint density at radius 2 is 0.885 bits per heavy atom. The number of phosphoric acid groups is 1. The number of phosphoric ester groups is 1. The van der Waals surface area contributed by atoms with Gasteiger partial charge in [-0.1, -0.05) is 231 Å². The minimum absolute atomic E-state index is 0.0770. The molecule has 8 nitrogen and oxygen atoms in total. The Kier molecular flexibility index (Phi) is 43.9. The molecule has 0 aromatic rings. The van der Waals surface area contributed by atoms with Crippen molar-refractivity contribution in [1.82, 2.24) is 5.32 Å². The number of nitrogens with zero attached hydrogens (tertiary/aromatic N) is 1. The van der Waals surface area contributed by atoms with E-state index in [0.29, 0.717) is 23.9 Å². The highest BCUT2D eigenvalue weighted by atomic mass is 31.2. The van der Waals surface area contributed by atoms with Gasteiger partial charge in [0, 0.05) is 6.42 Å². The van der Waals surface area contributed by atoms with E-state index in [1.165, 1.54) is 199 Å². The van der Waals surface area contributed by atoms with Crippen molar-refractivity contribution >= 4 is 13.7 Å². The maximum absolute atomic E-state index is 13.0. The molecule has 0 radical (unpaired) electrons. The third kappa shape index (κ3) is 47.0. The lowest BCUT2D eigenvalue weighted by molar-refractivity contribution is -0.870. The molecule has 0 bridgehead atoms. The fourth-order valence-electron chi connectivity index (χ4n) is 8.04. The smallest absolute Gasteiger partial charge is 0.391 e. The fourth-order valence-corrected chi connectivity index (χ4v) is 8.78. The highest BCUT2D eigenvalue weighted by Gasteiger charge is 2.28. The summed E-state index contributed by atoms with van der Waals surface area (Å²) < 4.78 is 23.7. The van der Waals surface area contributed by atoms with Crippen LogP contribution in [0.1, 0.15) is 264 Å². The summed E-state index contributed by atoms with van der Waals surface area (Å²) in [4.78, 5) is 23.3. The average molecular weight is 886 g/mol. The highest BCUT2D eigenvalue weighted by molar-refractivity contribution is 7.47. The molecule has 0 heterocycles. The molecule has 0 spiro atoms. The molecule has 0 rings (SSSR count). The molecule has 0 aliphatic rings. The number of amides is 1. The van der Waals surface area contributed by atoms with Gasteiger partial charge < -0.3 is 19.8 Å². The van der Waals surface area contributed by atoms with Crippen LogP contribution in [0.4, 0.5) is 0 Å². The maximum Gasteiger partial charge on any atom is 0.472 e. The van der Waals surface area contributed by atoms with E-state index in [4.69, 9.17) is 9.05 Å². The number of quaternary nitrogens is 1. The Bertz CT molecular complexity index is 1000. The number of rotatable bonds is 49. The van der Waals surface area contributed by atoms with E-state index >= 15 is 0 Å². The van der Waals surface area contributed by atoms with Gasteiger partial charge in [-0.15, -0.1) is 0 Å². The number of allylic oxidation sites excluding steroid dienone is 2. The van der Waals surface area contributed by atoms with Crippen LogP contribution in [0.2, 0.25) is 0 Å². The first-order chi connectivity index (χ1) is 29.5. The van der Waals surface area contributed by atoms with Crippen LogP contribution < -0.4 is 5.32 Å². The summed E-state index contributed by atoms with van der Waals surface area (Å²) in [6.07, 6.45) is 52.5. The largest absolute Gasteiger partial charge is 0.472 e. The minimum atomic E-state index is -4.32. The SMILES string of the molecule is CCCCCCCCCC/C=C\CCCCCCCCCCCCCC(=O)NC(COP(=O)(O)OCC[N+](C)(C)C)C(O)CCCCCCCCCCCCCCCCCC. The molecule has 0 saturated heterocycles. The Morgan fingerprint density at radius 1 is 0.541 bits per heavy atom. The fraction of sp³-hybridized carbons (Fsp3) is 0.942. The van der Waals surface area contributed by atoms with Gasteiger partial charge in [-0.3, -0.25) is 13.8 Å². The predicted molar refractivity (Wildman–Crippen MR) is 263 cm³/mol. The molecule has 0 saturated carbocycles. The molecule has 61 heavy (non-hydrogen) atoms. The lowest BCUT2D eigenvalue weighted by Gasteiger charge is -2.26. The van der Waals surface area contributed by atoms with Crippen molar-refractivity contribution in [3.05, 3.63) is 12.2 Å². The van der Waals surface area contributed by atoms with Crippen molar-refractivity contribution in [3.63, 3.8) is 0 Å². The van der Waals surface area contributed by atoms with Gasteiger partial charge in [0.2, 0.25) is 5.91 Å². The number of aliphatic hydroxyl groups excluding tert-OH is 1. The first-order valence-electron chi connectivity index (χ1n) is 26.6. The second-order valence-corrected chi connectivity index (χ2v) is 21.1. The third-order valence-electron chi connectivity index (χ3n) is 12.3. The van der Waals surface area contributed by atoms with Crippen molar-refractivity contribution in [1.29, 1.82) is 0 Å². The molecule has 0 fully saturated rings. The van der Waals surface area contributed by atoms with Gasteiger partial charge in [0.25, 0.3) is 0 Å². The monoisotopic (exact) mass is 886 g/mol. The number of hydrogen-bond acceptors (Lipinski definition) is 5. The number of carbonyl (C=O) groups is 1. The van der Waals surface area contributed by atoms with Crippen LogP contribution in [0.3, 0.4) is 0 Å². The average Bonchev–Trinajstić information content (AvgIpc) is 3.21. The van der Waals surface area contributed by atoms with Crippen LogP contribution >= 0.6 is 7.82 Å². The van der Waals surface area contributed by atoms with E-state index in [9.17, 15) is 19.4 Å². The number of hydrogen-bond donors (Lipinski definition) is 3. The first kappa shape index (κ1) is 60.2. The summed E-state index contributed by atoms with van der Waals surface area (Å²) in [6, 6.07) is -0.757. The molecule has 3 unspecified atom stereocenters. The van der Waals surface area contributed by atoms with Crippen molar-refractivity contribution < 1.29 is 32.9 Å². The van der Waals surface area contributed by atoms with Crippen molar-refractivity contribution in [3.8, 4) is 0 Å². The first-order valence-corrected chi connectivity index (χ1v) is 28.0. The lowest BCUT2D eigenvalue weighted by Crippen LogP contribution is -2.46. The van der Waals surface area contributed by atoms with Crippen LogP contribution in [0.25, 0.3) is 0 Å². The quantitative estimate of drug-likeness (QED) is 0.0243. The van der Waals surface area contributed by atoms with Gasteiger partial charge in [-0.25, -0.2) is 4.57 Å². The Hall–Kier alpha value is -0.760. The predicted octanol–water partition coefficient (Wildman–Crippen LogP) is 15.5. The molecule has 0 aromatic carbocycles. The number of nitrogens with one attached hydrogen (secondary N) is 1. The topological polar surface area (TPSA) is 105 Å².